The van der Waals surface area contributed by atoms with E-state index in [0.717, 1.165) is 23.3 Å². The summed E-state index contributed by atoms with van der Waals surface area (Å²) >= 11 is 0. The van der Waals surface area contributed by atoms with Crippen LogP contribution in [-0.2, 0) is 6.42 Å². The van der Waals surface area contributed by atoms with Crippen molar-refractivity contribution in [3.8, 4) is 11.3 Å². The number of aromatic amines is 1. The Balaban J connectivity index is 1.47. The Hall–Kier alpha value is -3.95. The summed E-state index contributed by atoms with van der Waals surface area (Å²) < 4.78 is 57.2. The van der Waals surface area contributed by atoms with Gasteiger partial charge in [-0.3, -0.25) is 4.98 Å². The highest BCUT2D eigenvalue weighted by Gasteiger charge is 2.17. The van der Waals surface area contributed by atoms with Gasteiger partial charge in [-0.1, -0.05) is 0 Å². The number of nitrogens with zero attached hydrogens (tertiary/aromatic N) is 4. The van der Waals surface area contributed by atoms with E-state index in [2.05, 4.69) is 25.4 Å². The molecule has 5 aromatic rings. The fourth-order valence-corrected chi connectivity index (χ4v) is 3.71. The van der Waals surface area contributed by atoms with E-state index < -0.39 is 23.4 Å². The molecule has 0 spiro atoms. The van der Waals surface area contributed by atoms with Crippen LogP contribution in [0.4, 0.5) is 23.5 Å². The second-order valence-corrected chi connectivity index (χ2v) is 7.39. The minimum atomic E-state index is -0.857. The first-order valence-electron chi connectivity index (χ1n) is 9.76. The molecule has 6 nitrogen and oxygen atoms in total. The van der Waals surface area contributed by atoms with E-state index in [1.165, 1.54) is 12.3 Å². The van der Waals surface area contributed by atoms with Crippen LogP contribution in [-0.4, -0.2) is 31.1 Å². The molecule has 0 aliphatic heterocycles. The van der Waals surface area contributed by atoms with Crippen molar-refractivity contribution in [3.63, 3.8) is 0 Å². The molecule has 4 heterocycles. The number of anilines is 1. The van der Waals surface area contributed by atoms with Crippen LogP contribution < -0.4 is 5.32 Å². The highest BCUT2D eigenvalue weighted by molar-refractivity contribution is 5.84. The molecule has 0 saturated heterocycles. The molecule has 0 aliphatic carbocycles. The fraction of sp³-hybridized carbons (Fsp3) is 0.136. The average molecular weight is 440 g/mol. The Morgan fingerprint density at radius 2 is 1.84 bits per heavy atom. The molecule has 0 unspecified atom stereocenters. The maximum absolute atomic E-state index is 14.4. The second-order valence-electron chi connectivity index (χ2n) is 7.39. The van der Waals surface area contributed by atoms with Gasteiger partial charge in [0.2, 0.25) is 5.95 Å². The van der Waals surface area contributed by atoms with Gasteiger partial charge >= 0.3 is 0 Å². The van der Waals surface area contributed by atoms with Crippen molar-refractivity contribution >= 4 is 22.4 Å². The zero-order valence-corrected chi connectivity index (χ0v) is 16.8. The van der Waals surface area contributed by atoms with E-state index in [-0.39, 0.29) is 29.4 Å². The number of aromatic nitrogens is 5. The predicted octanol–water partition coefficient (Wildman–Crippen LogP) is 4.79. The number of pyridine rings is 1. The van der Waals surface area contributed by atoms with E-state index in [1.54, 1.807) is 16.8 Å². The lowest BCUT2D eigenvalue weighted by atomic mass is 10.1. The van der Waals surface area contributed by atoms with Crippen LogP contribution in [0.1, 0.15) is 11.1 Å². The molecule has 0 aliphatic rings. The molecule has 1 aromatic carbocycles. The summed E-state index contributed by atoms with van der Waals surface area (Å²) in [6.07, 6.45) is 4.40. The maximum atomic E-state index is 14.4. The molecule has 5 rings (SSSR count). The quantitative estimate of drug-likeness (QED) is 0.386. The zero-order valence-electron chi connectivity index (χ0n) is 16.8. The number of fused-ring (bicyclic) bond motifs is 2. The Morgan fingerprint density at radius 3 is 2.66 bits per heavy atom. The van der Waals surface area contributed by atoms with Gasteiger partial charge in [-0.25, -0.2) is 22.7 Å². The van der Waals surface area contributed by atoms with Crippen molar-refractivity contribution in [2.24, 2.45) is 0 Å². The number of rotatable bonds is 5. The minimum absolute atomic E-state index is 0.0808. The summed E-state index contributed by atoms with van der Waals surface area (Å²) in [6, 6.07) is 4.90. The third kappa shape index (κ3) is 3.43. The molecule has 4 aromatic heterocycles. The van der Waals surface area contributed by atoms with Crippen molar-refractivity contribution in [1.29, 1.82) is 0 Å². The Bertz CT molecular complexity index is 1470. The summed E-state index contributed by atoms with van der Waals surface area (Å²) in [6.45, 7) is 2.08. The van der Waals surface area contributed by atoms with Gasteiger partial charge in [-0.05, 0) is 37.1 Å². The van der Waals surface area contributed by atoms with Gasteiger partial charge in [0.1, 0.15) is 17.5 Å². The fourth-order valence-electron chi connectivity index (χ4n) is 3.71. The number of nitrogens with one attached hydrogen (secondary N) is 2. The van der Waals surface area contributed by atoms with E-state index in [1.807, 2.05) is 6.92 Å². The predicted molar refractivity (Wildman–Crippen MR) is 111 cm³/mol. The van der Waals surface area contributed by atoms with Gasteiger partial charge in [0.25, 0.3) is 0 Å². The third-order valence-electron chi connectivity index (χ3n) is 5.24. The Morgan fingerprint density at radius 1 is 1.00 bits per heavy atom. The molecule has 0 atom stereocenters. The van der Waals surface area contributed by atoms with Crippen LogP contribution in [0.2, 0.25) is 0 Å². The molecule has 0 bridgehead atoms. The molecule has 2 N–H and O–H groups in total. The summed E-state index contributed by atoms with van der Waals surface area (Å²) in [4.78, 5) is 10.7. The Kier molecular flexibility index (Phi) is 4.76. The van der Waals surface area contributed by atoms with Crippen LogP contribution >= 0.6 is 0 Å². The summed E-state index contributed by atoms with van der Waals surface area (Å²) in [5.41, 5.74) is 2.69. The highest BCUT2D eigenvalue weighted by atomic mass is 19.1. The minimum Gasteiger partial charge on any atom is -0.354 e. The van der Waals surface area contributed by atoms with Crippen LogP contribution in [0.3, 0.4) is 0 Å². The van der Waals surface area contributed by atoms with Crippen LogP contribution in [0.25, 0.3) is 27.7 Å². The zero-order chi connectivity index (χ0) is 22.4. The van der Waals surface area contributed by atoms with Gasteiger partial charge in [-0.15, -0.1) is 0 Å². The van der Waals surface area contributed by atoms with E-state index in [9.17, 15) is 17.6 Å². The lowest BCUT2D eigenvalue weighted by Gasteiger charge is -2.10. The largest absolute Gasteiger partial charge is 0.354 e. The smallest absolute Gasteiger partial charge is 0.224 e. The third-order valence-corrected chi connectivity index (χ3v) is 5.24. The van der Waals surface area contributed by atoms with E-state index in [0.29, 0.717) is 23.3 Å². The first kappa shape index (κ1) is 20.0. The van der Waals surface area contributed by atoms with Gasteiger partial charge in [0, 0.05) is 35.3 Å². The maximum Gasteiger partial charge on any atom is 0.224 e. The number of benzene rings is 1. The monoisotopic (exact) mass is 440 g/mol. The standard InChI is InChI=1S/C22H16F4N6/c1-11-8-29-32-19(11)7-18(12-4-14(24)10-27-9-12)30-22(32)28-3-2-15-16-5-13(23)6-17(25)20(16)31-21(15)26/h4-10,31H,2-3H2,1H3,(H,28,30). The number of aryl methyl sites for hydroxylation is 1. The molecule has 0 radical (unpaired) electrons. The number of H-pyrrole nitrogens is 1. The lowest BCUT2D eigenvalue weighted by molar-refractivity contribution is 0.573. The van der Waals surface area contributed by atoms with Crippen LogP contribution in [0, 0.1) is 30.3 Å². The number of hydrogen-bond donors (Lipinski definition) is 2. The molecule has 0 saturated carbocycles. The van der Waals surface area contributed by atoms with Crippen molar-refractivity contribution in [1.82, 2.24) is 24.6 Å². The number of hydrogen-bond acceptors (Lipinski definition) is 4. The molecule has 10 heteroatoms. The van der Waals surface area contributed by atoms with Crippen molar-refractivity contribution in [2.75, 3.05) is 11.9 Å². The molecular formula is C22H16F4N6. The SMILES string of the molecule is Cc1cnn2c(NCCc3c(F)[nH]c4c(F)cc(F)cc34)nc(-c3cncc(F)c3)cc12. The average Bonchev–Trinajstić information content (AvgIpc) is 3.28. The molecular weight excluding hydrogens is 424 g/mol. The first-order chi connectivity index (χ1) is 15.4. The van der Waals surface area contributed by atoms with Gasteiger partial charge in [0.15, 0.2) is 5.95 Å². The molecule has 32 heavy (non-hydrogen) atoms. The van der Waals surface area contributed by atoms with Crippen LogP contribution in [0.5, 0.6) is 0 Å². The van der Waals surface area contributed by atoms with Crippen molar-refractivity contribution < 1.29 is 17.6 Å². The second kappa shape index (κ2) is 7.63. The number of halogens is 4. The van der Waals surface area contributed by atoms with Gasteiger partial charge in [-0.2, -0.15) is 9.49 Å². The van der Waals surface area contributed by atoms with Gasteiger partial charge < -0.3 is 10.3 Å². The molecule has 0 fully saturated rings. The Labute approximate surface area is 178 Å². The van der Waals surface area contributed by atoms with Crippen LogP contribution in [0.15, 0.2) is 42.9 Å². The summed E-state index contributed by atoms with van der Waals surface area (Å²) in [5.74, 6) is -2.50. The summed E-state index contributed by atoms with van der Waals surface area (Å²) in [7, 11) is 0. The van der Waals surface area contributed by atoms with Crippen molar-refractivity contribution in [3.05, 3.63) is 77.4 Å². The van der Waals surface area contributed by atoms with E-state index in [4.69, 9.17) is 0 Å². The highest BCUT2D eigenvalue weighted by Crippen LogP contribution is 2.26. The van der Waals surface area contributed by atoms with Gasteiger partial charge in [0.05, 0.1) is 29.1 Å². The lowest BCUT2D eigenvalue weighted by Crippen LogP contribution is -2.12. The van der Waals surface area contributed by atoms with Crippen molar-refractivity contribution in [2.45, 2.75) is 13.3 Å². The molecule has 0 amide bonds. The first-order valence-corrected chi connectivity index (χ1v) is 9.76. The molecule has 162 valence electrons. The summed E-state index contributed by atoms with van der Waals surface area (Å²) in [5, 5.41) is 7.54. The van der Waals surface area contributed by atoms with E-state index >= 15 is 0 Å². The normalized spacial score (nSPS) is 11.5. The topological polar surface area (TPSA) is 70.9 Å².